The molecule has 0 N–H and O–H groups in total. The van der Waals surface area contributed by atoms with Gasteiger partial charge in [-0.2, -0.15) is 0 Å². The lowest BCUT2D eigenvalue weighted by Crippen LogP contribution is -2.37. The second kappa shape index (κ2) is 8.29. The molecule has 0 saturated carbocycles. The number of aromatic nitrogens is 4. The van der Waals surface area contributed by atoms with Crippen molar-refractivity contribution in [2.75, 3.05) is 6.54 Å². The molecule has 144 valence electrons. The summed E-state index contributed by atoms with van der Waals surface area (Å²) < 4.78 is 16.0. The minimum atomic E-state index is -0.569. The number of hydrogen-bond donors (Lipinski definition) is 0. The number of rotatable bonds is 6. The molecule has 3 aromatic rings. The average Bonchev–Trinajstić information content (AvgIpc) is 3.36. The molecule has 1 atom stereocenters. The Hall–Kier alpha value is -3.09. The number of carbonyl (C=O) groups excluding carboxylic acids is 1. The van der Waals surface area contributed by atoms with Gasteiger partial charge in [-0.25, -0.2) is 9.37 Å². The van der Waals surface area contributed by atoms with E-state index in [4.69, 9.17) is 0 Å². The van der Waals surface area contributed by atoms with E-state index in [0.29, 0.717) is 13.0 Å². The Bertz CT molecular complexity index is 943. The first-order valence-electron chi connectivity index (χ1n) is 9.54. The van der Waals surface area contributed by atoms with Crippen LogP contribution in [0.15, 0.2) is 55.0 Å². The number of likely N-dealkylation sites (tertiary alicyclic amines) is 1. The number of hydrogen-bond acceptors (Lipinski definition) is 4. The third kappa shape index (κ3) is 3.93. The quantitative estimate of drug-likeness (QED) is 0.660. The molecule has 4 rings (SSSR count). The molecule has 1 unspecified atom stereocenters. The summed E-state index contributed by atoms with van der Waals surface area (Å²) in [5, 5.41) is 8.30. The highest BCUT2D eigenvalue weighted by atomic mass is 19.1. The number of nitrogens with zero attached hydrogens (tertiary/aromatic N) is 5. The number of amides is 1. The van der Waals surface area contributed by atoms with Crippen LogP contribution in [-0.4, -0.2) is 43.1 Å². The molecule has 1 aliphatic heterocycles. The third-order valence-electron chi connectivity index (χ3n) is 5.19. The maximum Gasteiger partial charge on any atom is 0.275 e. The van der Waals surface area contributed by atoms with Gasteiger partial charge in [0.15, 0.2) is 11.5 Å². The van der Waals surface area contributed by atoms with Gasteiger partial charge in [-0.3, -0.25) is 4.79 Å². The molecule has 1 fully saturated rings. The summed E-state index contributed by atoms with van der Waals surface area (Å²) in [5.74, 6) is -0.000671. The first-order chi connectivity index (χ1) is 13.7. The van der Waals surface area contributed by atoms with Gasteiger partial charge in [0.1, 0.15) is 12.2 Å². The van der Waals surface area contributed by atoms with E-state index in [-0.39, 0.29) is 17.6 Å². The zero-order valence-electron chi connectivity index (χ0n) is 15.5. The predicted octanol–water partition coefficient (Wildman–Crippen LogP) is 3.10. The Kier molecular flexibility index (Phi) is 5.41. The molecule has 1 amide bonds. The Morgan fingerprint density at radius 3 is 2.86 bits per heavy atom. The van der Waals surface area contributed by atoms with Gasteiger partial charge in [-0.05, 0) is 37.0 Å². The molecule has 28 heavy (non-hydrogen) atoms. The fourth-order valence-corrected chi connectivity index (χ4v) is 3.76. The van der Waals surface area contributed by atoms with Crippen molar-refractivity contribution in [2.24, 2.45) is 0 Å². The highest BCUT2D eigenvalue weighted by Crippen LogP contribution is 2.24. The van der Waals surface area contributed by atoms with Crippen LogP contribution in [0.25, 0.3) is 0 Å². The summed E-state index contributed by atoms with van der Waals surface area (Å²) in [4.78, 5) is 18.4. The van der Waals surface area contributed by atoms with E-state index < -0.39 is 5.82 Å². The molecule has 0 aliphatic carbocycles. The first kappa shape index (κ1) is 18.3. The van der Waals surface area contributed by atoms with E-state index in [9.17, 15) is 9.18 Å². The maximum atomic E-state index is 14.0. The first-order valence-corrected chi connectivity index (χ1v) is 9.54. The SMILES string of the molecule is O=C(c1ncccc1F)N1CCCC1CCc1nncn1Cc1ccccc1. The van der Waals surface area contributed by atoms with Crippen LogP contribution in [0.3, 0.4) is 0 Å². The molecule has 6 nitrogen and oxygen atoms in total. The fourth-order valence-electron chi connectivity index (χ4n) is 3.76. The summed E-state index contributed by atoms with van der Waals surface area (Å²) in [5.41, 5.74) is 1.09. The fraction of sp³-hybridized carbons (Fsp3) is 0.333. The number of pyridine rings is 1. The topological polar surface area (TPSA) is 63.9 Å². The van der Waals surface area contributed by atoms with Gasteiger partial charge < -0.3 is 9.47 Å². The van der Waals surface area contributed by atoms with E-state index >= 15 is 0 Å². The molecule has 0 radical (unpaired) electrons. The lowest BCUT2D eigenvalue weighted by molar-refractivity contribution is 0.0719. The van der Waals surface area contributed by atoms with Gasteiger partial charge >= 0.3 is 0 Å². The lowest BCUT2D eigenvalue weighted by atomic mass is 10.1. The smallest absolute Gasteiger partial charge is 0.275 e. The second-order valence-electron chi connectivity index (χ2n) is 7.03. The third-order valence-corrected chi connectivity index (χ3v) is 5.19. The van der Waals surface area contributed by atoms with Crippen LogP contribution in [0.2, 0.25) is 0 Å². The van der Waals surface area contributed by atoms with E-state index in [1.54, 1.807) is 11.2 Å². The molecule has 2 aromatic heterocycles. The normalized spacial score (nSPS) is 16.5. The maximum absolute atomic E-state index is 14.0. The van der Waals surface area contributed by atoms with Crippen molar-refractivity contribution in [2.45, 2.75) is 38.3 Å². The molecule has 1 saturated heterocycles. The van der Waals surface area contributed by atoms with Crippen LogP contribution < -0.4 is 0 Å². The van der Waals surface area contributed by atoms with Crippen molar-refractivity contribution in [3.63, 3.8) is 0 Å². The van der Waals surface area contributed by atoms with Crippen LogP contribution in [0, 0.1) is 5.82 Å². The van der Waals surface area contributed by atoms with Crippen LogP contribution in [-0.2, 0) is 13.0 Å². The lowest BCUT2D eigenvalue weighted by Gasteiger charge is -2.24. The monoisotopic (exact) mass is 379 g/mol. The number of benzene rings is 1. The summed E-state index contributed by atoms with van der Waals surface area (Å²) in [7, 11) is 0. The average molecular weight is 379 g/mol. The summed E-state index contributed by atoms with van der Waals surface area (Å²) in [6, 6.07) is 13.0. The standard InChI is InChI=1S/C21H22FN5O/c22-18-9-4-12-23-20(18)21(28)27-13-5-8-17(27)10-11-19-25-24-15-26(19)14-16-6-2-1-3-7-16/h1-4,6-7,9,12,15,17H,5,8,10-11,13-14H2. The van der Waals surface area contributed by atoms with E-state index in [1.165, 1.54) is 23.9 Å². The van der Waals surface area contributed by atoms with E-state index in [0.717, 1.165) is 31.6 Å². The van der Waals surface area contributed by atoms with Gasteiger partial charge in [-0.1, -0.05) is 30.3 Å². The van der Waals surface area contributed by atoms with E-state index in [1.807, 2.05) is 22.8 Å². The summed E-state index contributed by atoms with van der Waals surface area (Å²) in [6.07, 6.45) is 6.50. The molecule has 0 bridgehead atoms. The van der Waals surface area contributed by atoms with Crippen molar-refractivity contribution >= 4 is 5.91 Å². The molecule has 1 aromatic carbocycles. The van der Waals surface area contributed by atoms with Crippen molar-refractivity contribution in [3.8, 4) is 0 Å². The van der Waals surface area contributed by atoms with Gasteiger partial charge in [-0.15, -0.1) is 10.2 Å². The molecular formula is C21H22FN5O. The minimum absolute atomic E-state index is 0.0655. The number of aryl methyl sites for hydroxylation is 1. The predicted molar refractivity (Wildman–Crippen MR) is 102 cm³/mol. The summed E-state index contributed by atoms with van der Waals surface area (Å²) >= 11 is 0. The Balaban J connectivity index is 1.42. The van der Waals surface area contributed by atoms with E-state index in [2.05, 4.69) is 27.3 Å². The zero-order chi connectivity index (χ0) is 19.3. The van der Waals surface area contributed by atoms with Crippen LogP contribution in [0.1, 0.15) is 41.1 Å². The van der Waals surface area contributed by atoms with Gasteiger partial charge in [0.25, 0.3) is 5.91 Å². The highest BCUT2D eigenvalue weighted by Gasteiger charge is 2.31. The minimum Gasteiger partial charge on any atom is -0.334 e. The van der Waals surface area contributed by atoms with Crippen molar-refractivity contribution in [1.29, 1.82) is 0 Å². The van der Waals surface area contributed by atoms with Crippen LogP contribution in [0.4, 0.5) is 4.39 Å². The van der Waals surface area contributed by atoms with Gasteiger partial charge in [0.2, 0.25) is 0 Å². The Morgan fingerprint density at radius 2 is 2.04 bits per heavy atom. The van der Waals surface area contributed by atoms with Crippen molar-refractivity contribution in [3.05, 3.63) is 77.9 Å². The number of halogens is 1. The van der Waals surface area contributed by atoms with Gasteiger partial charge in [0.05, 0.1) is 6.54 Å². The molecular weight excluding hydrogens is 357 g/mol. The molecule has 7 heteroatoms. The van der Waals surface area contributed by atoms with Crippen molar-refractivity contribution in [1.82, 2.24) is 24.6 Å². The van der Waals surface area contributed by atoms with Crippen molar-refractivity contribution < 1.29 is 9.18 Å². The Labute approximate surface area is 163 Å². The molecule has 1 aliphatic rings. The molecule has 3 heterocycles. The largest absolute Gasteiger partial charge is 0.334 e. The second-order valence-corrected chi connectivity index (χ2v) is 7.03. The summed E-state index contributed by atoms with van der Waals surface area (Å²) in [6.45, 7) is 1.35. The highest BCUT2D eigenvalue weighted by molar-refractivity contribution is 5.92. The van der Waals surface area contributed by atoms with Crippen LogP contribution >= 0.6 is 0 Å². The zero-order valence-corrected chi connectivity index (χ0v) is 15.5. The van der Waals surface area contributed by atoms with Gasteiger partial charge in [0, 0.05) is 25.2 Å². The van der Waals surface area contributed by atoms with Crippen LogP contribution in [0.5, 0.6) is 0 Å². The Morgan fingerprint density at radius 1 is 1.18 bits per heavy atom. The number of carbonyl (C=O) groups is 1. The molecule has 0 spiro atoms.